The molecule has 0 amide bonds. The highest BCUT2D eigenvalue weighted by molar-refractivity contribution is 6.22. The molecule has 0 aliphatic heterocycles. The van der Waals surface area contributed by atoms with Crippen LogP contribution >= 0.6 is 0 Å². The van der Waals surface area contributed by atoms with E-state index < -0.39 is 11.4 Å². The van der Waals surface area contributed by atoms with E-state index in [1.165, 1.54) is 146 Å². The van der Waals surface area contributed by atoms with Gasteiger partial charge >= 0.3 is 5.97 Å². The monoisotopic (exact) mass is 1190 g/mol. The van der Waals surface area contributed by atoms with Crippen molar-refractivity contribution in [2.24, 2.45) is 0 Å². The first-order valence-corrected chi connectivity index (χ1v) is 33.0. The number of ketones is 1. The summed E-state index contributed by atoms with van der Waals surface area (Å²) in [5, 5.41) is 9.90. The summed E-state index contributed by atoms with van der Waals surface area (Å²) in [5.41, 5.74) is 22.0. The Kier molecular flexibility index (Phi) is 22.5. The molecule has 464 valence electrons. The Bertz CT molecular complexity index is 3480. The molecule has 0 radical (unpaired) electrons. The normalized spacial score (nSPS) is 13.8. The van der Waals surface area contributed by atoms with Gasteiger partial charge in [0.2, 0.25) is 0 Å². The van der Waals surface area contributed by atoms with Crippen molar-refractivity contribution in [1.29, 1.82) is 0 Å². The summed E-state index contributed by atoms with van der Waals surface area (Å²) in [6.45, 7) is 13.7. The summed E-state index contributed by atoms with van der Waals surface area (Å²) < 4.78 is 35.2. The quantitative estimate of drug-likeness (QED) is 0.0381. The van der Waals surface area contributed by atoms with Gasteiger partial charge < -0.3 is 33.5 Å². The van der Waals surface area contributed by atoms with E-state index >= 15 is 0 Å². The second-order valence-electron chi connectivity index (χ2n) is 25.1. The molecule has 0 fully saturated rings. The lowest BCUT2D eigenvalue weighted by Crippen LogP contribution is -2.30. The van der Waals surface area contributed by atoms with Crippen LogP contribution in [0, 0.1) is 13.8 Å². The molecule has 0 saturated carbocycles. The zero-order valence-corrected chi connectivity index (χ0v) is 53.4. The van der Waals surface area contributed by atoms with Crippen LogP contribution in [0.25, 0.3) is 55.6 Å². The molecule has 7 aromatic carbocycles. The van der Waals surface area contributed by atoms with Crippen LogP contribution in [0.4, 0.5) is 0 Å². The van der Waals surface area contributed by atoms with Crippen molar-refractivity contribution in [2.45, 2.75) is 148 Å². The molecular formula is C79H94O9. The topological polar surface area (TPSA) is 110 Å². The Morgan fingerprint density at radius 2 is 0.773 bits per heavy atom. The maximum absolute atomic E-state index is 14.5. The highest BCUT2D eigenvalue weighted by Crippen LogP contribution is 2.57. The number of benzene rings is 7. The van der Waals surface area contributed by atoms with E-state index in [1.54, 1.807) is 32.8 Å². The summed E-state index contributed by atoms with van der Waals surface area (Å²) in [6, 6.07) is 46.5. The molecule has 0 spiro atoms. The van der Waals surface area contributed by atoms with Gasteiger partial charge in [0.1, 0.15) is 0 Å². The van der Waals surface area contributed by atoms with E-state index in [1.807, 2.05) is 30.3 Å². The largest absolute Gasteiger partial charge is 0.478 e. The Morgan fingerprint density at radius 1 is 0.386 bits per heavy atom. The van der Waals surface area contributed by atoms with Gasteiger partial charge in [-0.25, -0.2) is 4.79 Å². The molecule has 0 saturated heterocycles. The smallest absolute Gasteiger partial charge is 0.335 e. The standard InChI is InChI=1S/C79H94O9/c1-7-9-11-13-15-17-33-78(34-18-16-14-12-10-8-2)72-47-55(3)19-27-65(72)66-28-21-57(49-73(66)78)48-58-22-29-67-68-32-26-62(54-75(68)79(74(67)50-58,35-37-85-43-45-87-41-39-83-5)36-38-86-44-46-88-42-40-84-6)61-25-31-64-63-30-24-60(52-70(63)76(80)71(64)53-61)59-23-20-56(4)69(51-59)77(81)82/h19-32,47,49-54H,7-18,33-46,48H2,1-6H3,(H,81,82). The van der Waals surface area contributed by atoms with Crippen molar-refractivity contribution < 1.29 is 43.1 Å². The van der Waals surface area contributed by atoms with Crippen molar-refractivity contribution in [3.05, 3.63) is 189 Å². The fourth-order valence-corrected chi connectivity index (χ4v) is 14.5. The van der Waals surface area contributed by atoms with Crippen LogP contribution in [-0.4, -0.2) is 97.1 Å². The number of aromatic carboxylic acids is 1. The Hall–Kier alpha value is -6.56. The molecule has 0 aromatic heterocycles. The van der Waals surface area contributed by atoms with E-state index in [0.29, 0.717) is 82.8 Å². The van der Waals surface area contributed by atoms with Crippen LogP contribution in [0.3, 0.4) is 0 Å². The molecule has 0 unspecified atom stereocenters. The number of carbonyl (C=O) groups excluding carboxylic acids is 1. The van der Waals surface area contributed by atoms with Gasteiger partial charge in [-0.3, -0.25) is 4.79 Å². The first-order chi connectivity index (χ1) is 43.0. The van der Waals surface area contributed by atoms with Gasteiger partial charge in [0, 0.05) is 49.4 Å². The molecule has 0 atom stereocenters. The SMILES string of the molecule is CCCCCCCCC1(CCCCCCCC)c2cc(C)ccc2-c2ccc(Cc3ccc4c(c3)C(CCOCCOCCOC)(CCOCCOCCOC)c3cc(-c5ccc6c(c5)C(=O)c5cc(-c7ccc(C)c(C(=O)O)c7)ccc5-6)ccc3-4)cc21. The van der Waals surface area contributed by atoms with E-state index in [2.05, 4.69) is 112 Å². The third-order valence-electron chi connectivity index (χ3n) is 19.2. The second-order valence-corrected chi connectivity index (χ2v) is 25.1. The first-order valence-electron chi connectivity index (χ1n) is 33.0. The molecule has 9 nitrogen and oxygen atoms in total. The molecule has 3 aliphatic rings. The number of unbranched alkanes of at least 4 members (excludes halogenated alkanes) is 10. The number of ether oxygens (including phenoxy) is 6. The van der Waals surface area contributed by atoms with Gasteiger partial charge in [0.25, 0.3) is 0 Å². The van der Waals surface area contributed by atoms with Crippen LogP contribution < -0.4 is 0 Å². The van der Waals surface area contributed by atoms with Crippen molar-refractivity contribution in [3.63, 3.8) is 0 Å². The van der Waals surface area contributed by atoms with Crippen molar-refractivity contribution in [1.82, 2.24) is 0 Å². The molecule has 1 N–H and O–H groups in total. The minimum Gasteiger partial charge on any atom is -0.478 e. The van der Waals surface area contributed by atoms with Crippen LogP contribution in [0.5, 0.6) is 0 Å². The molecule has 88 heavy (non-hydrogen) atoms. The highest BCUT2D eigenvalue weighted by Gasteiger charge is 2.45. The second kappa shape index (κ2) is 30.8. The number of carboxylic acid groups (broad SMARTS) is 1. The number of carboxylic acids is 1. The minimum absolute atomic E-state index is 0.00483. The molecule has 0 bridgehead atoms. The molecule has 10 rings (SSSR count). The molecular weight excluding hydrogens is 1090 g/mol. The van der Waals surface area contributed by atoms with E-state index in [-0.39, 0.29) is 16.8 Å². The lowest BCUT2D eigenvalue weighted by molar-refractivity contribution is 0.0145. The van der Waals surface area contributed by atoms with Crippen molar-refractivity contribution >= 4 is 11.8 Å². The van der Waals surface area contributed by atoms with Crippen LogP contribution in [-0.2, 0) is 45.7 Å². The first kappa shape index (κ1) is 64.4. The summed E-state index contributed by atoms with van der Waals surface area (Å²) in [6.07, 6.45) is 20.1. The molecule has 3 aliphatic carbocycles. The number of fused-ring (bicyclic) bond motifs is 9. The summed E-state index contributed by atoms with van der Waals surface area (Å²) in [5.74, 6) is -1.01. The predicted molar refractivity (Wildman–Crippen MR) is 357 cm³/mol. The van der Waals surface area contributed by atoms with Gasteiger partial charge in [0.15, 0.2) is 5.78 Å². The number of aryl methyl sites for hydroxylation is 2. The zero-order chi connectivity index (χ0) is 61.5. The molecule has 9 heteroatoms. The van der Waals surface area contributed by atoms with Crippen LogP contribution in [0.1, 0.15) is 187 Å². The summed E-state index contributed by atoms with van der Waals surface area (Å²) >= 11 is 0. The Morgan fingerprint density at radius 3 is 1.27 bits per heavy atom. The number of carbonyl (C=O) groups is 2. The van der Waals surface area contributed by atoms with Crippen LogP contribution in [0.2, 0.25) is 0 Å². The van der Waals surface area contributed by atoms with Gasteiger partial charge in [-0.15, -0.1) is 0 Å². The summed E-state index contributed by atoms with van der Waals surface area (Å²) in [7, 11) is 3.37. The van der Waals surface area contributed by atoms with E-state index in [0.717, 1.165) is 52.6 Å². The fourth-order valence-electron chi connectivity index (χ4n) is 14.5. The lowest BCUT2D eigenvalue weighted by Gasteiger charge is -2.33. The van der Waals surface area contributed by atoms with E-state index in [9.17, 15) is 14.7 Å². The third-order valence-corrected chi connectivity index (χ3v) is 19.2. The zero-order valence-electron chi connectivity index (χ0n) is 53.4. The van der Waals surface area contributed by atoms with Gasteiger partial charge in [-0.2, -0.15) is 0 Å². The number of hydrogen-bond donors (Lipinski definition) is 1. The third kappa shape index (κ3) is 14.4. The number of rotatable bonds is 37. The van der Waals surface area contributed by atoms with Crippen molar-refractivity contribution in [3.8, 4) is 55.6 Å². The Labute approximate surface area is 524 Å². The van der Waals surface area contributed by atoms with Gasteiger partial charge in [-0.05, 0) is 165 Å². The predicted octanol–water partition coefficient (Wildman–Crippen LogP) is 18.3. The maximum atomic E-state index is 14.5. The number of hydrogen-bond acceptors (Lipinski definition) is 8. The Balaban J connectivity index is 0.999. The van der Waals surface area contributed by atoms with Crippen LogP contribution in [0.15, 0.2) is 127 Å². The molecule has 0 heterocycles. The van der Waals surface area contributed by atoms with Crippen molar-refractivity contribution in [2.75, 3.05) is 80.3 Å². The van der Waals surface area contributed by atoms with Gasteiger partial charge in [0.05, 0.1) is 58.4 Å². The molecule has 7 aromatic rings. The fraction of sp³-hybridized carbons (Fsp3) is 0.443. The highest BCUT2D eigenvalue weighted by atomic mass is 16.5. The number of methoxy groups -OCH3 is 2. The average Bonchev–Trinajstić information content (AvgIpc) is 1.61. The van der Waals surface area contributed by atoms with Gasteiger partial charge in [-0.1, -0.05) is 200 Å². The lowest BCUT2D eigenvalue weighted by atomic mass is 9.70. The minimum atomic E-state index is -0.972. The maximum Gasteiger partial charge on any atom is 0.335 e. The van der Waals surface area contributed by atoms with E-state index in [4.69, 9.17) is 28.4 Å². The summed E-state index contributed by atoms with van der Waals surface area (Å²) in [4.78, 5) is 26.6. The average molecular weight is 1190 g/mol.